The van der Waals surface area contributed by atoms with E-state index in [0.29, 0.717) is 0 Å². The van der Waals surface area contributed by atoms with Gasteiger partial charge < -0.3 is 9.57 Å². The van der Waals surface area contributed by atoms with Crippen LogP contribution in [0.4, 0.5) is 0 Å². The molecule has 46 valence electrons. The van der Waals surface area contributed by atoms with Crippen LogP contribution in [0.15, 0.2) is 5.16 Å². The van der Waals surface area contributed by atoms with E-state index in [-0.39, 0.29) is 6.29 Å². The molecule has 1 aliphatic rings. The molecule has 0 amide bonds. The van der Waals surface area contributed by atoms with Gasteiger partial charge in [-0.1, -0.05) is 5.16 Å². The van der Waals surface area contributed by atoms with Crippen molar-refractivity contribution in [3.05, 3.63) is 0 Å². The molecule has 0 spiro atoms. The van der Waals surface area contributed by atoms with Crippen molar-refractivity contribution in [1.82, 2.24) is 0 Å². The van der Waals surface area contributed by atoms with E-state index in [4.69, 9.17) is 9.57 Å². The normalized spacial score (nSPS) is 27.9. The molecule has 1 atom stereocenters. The summed E-state index contributed by atoms with van der Waals surface area (Å²) in [5, 5.41) is 3.54. The van der Waals surface area contributed by atoms with E-state index in [1.807, 2.05) is 0 Å². The summed E-state index contributed by atoms with van der Waals surface area (Å²) < 4.78 is 4.90. The number of hydrogen-bond donors (Lipinski definition) is 0. The lowest BCUT2D eigenvalue weighted by Gasteiger charge is -2.22. The Morgan fingerprint density at radius 1 is 1.88 bits per heavy atom. The zero-order valence-corrected chi connectivity index (χ0v) is 4.83. The van der Waals surface area contributed by atoms with Gasteiger partial charge in [0.1, 0.15) is 0 Å². The highest BCUT2D eigenvalue weighted by Gasteiger charge is 2.18. The van der Waals surface area contributed by atoms with Gasteiger partial charge in [0.2, 0.25) is 6.29 Å². The Morgan fingerprint density at radius 2 is 2.62 bits per heavy atom. The molecule has 3 nitrogen and oxygen atoms in total. The van der Waals surface area contributed by atoms with Crippen LogP contribution in [0.2, 0.25) is 0 Å². The summed E-state index contributed by atoms with van der Waals surface area (Å²) in [5.41, 5.74) is 0. The van der Waals surface area contributed by atoms with Gasteiger partial charge in [-0.15, -0.1) is 0 Å². The van der Waals surface area contributed by atoms with E-state index in [1.54, 1.807) is 13.1 Å². The number of rotatable bonds is 2. The summed E-state index contributed by atoms with van der Waals surface area (Å²) in [7, 11) is 0. The zero-order valence-electron chi connectivity index (χ0n) is 4.83. The third-order valence-corrected chi connectivity index (χ3v) is 0.941. The Balaban J connectivity index is 2.01. The van der Waals surface area contributed by atoms with Crippen molar-refractivity contribution in [2.24, 2.45) is 5.16 Å². The van der Waals surface area contributed by atoms with E-state index >= 15 is 0 Å². The van der Waals surface area contributed by atoms with Crippen molar-refractivity contribution < 1.29 is 9.57 Å². The molecule has 0 radical (unpaired) electrons. The van der Waals surface area contributed by atoms with Crippen LogP contribution in [0.25, 0.3) is 0 Å². The topological polar surface area (TPSA) is 30.8 Å². The van der Waals surface area contributed by atoms with Crippen LogP contribution in [0, 0.1) is 0 Å². The molecule has 0 bridgehead atoms. The minimum atomic E-state index is -0.0637. The Morgan fingerprint density at radius 3 is 3.00 bits per heavy atom. The highest BCUT2D eigenvalue weighted by Crippen LogP contribution is 2.11. The van der Waals surface area contributed by atoms with Gasteiger partial charge in [-0.2, -0.15) is 0 Å². The number of hydrogen-bond acceptors (Lipinski definition) is 3. The van der Waals surface area contributed by atoms with Gasteiger partial charge in [-0.25, -0.2) is 0 Å². The van der Waals surface area contributed by atoms with E-state index in [0.717, 1.165) is 13.0 Å². The summed E-state index contributed by atoms with van der Waals surface area (Å²) in [6.45, 7) is 2.61. The fourth-order valence-electron chi connectivity index (χ4n) is 0.426. The zero-order chi connectivity index (χ0) is 5.82. The molecule has 0 aromatic carbocycles. The summed E-state index contributed by atoms with van der Waals surface area (Å²) in [6.07, 6.45) is 2.50. The number of ether oxygens (including phenoxy) is 1. The number of nitrogens with zero attached hydrogens (tertiary/aromatic N) is 1. The smallest absolute Gasteiger partial charge is 0.228 e. The molecule has 0 aromatic heterocycles. The van der Waals surface area contributed by atoms with Gasteiger partial charge >= 0.3 is 0 Å². The van der Waals surface area contributed by atoms with Crippen molar-refractivity contribution in [2.75, 3.05) is 6.61 Å². The third kappa shape index (κ3) is 1.20. The molecule has 1 saturated heterocycles. The average molecular weight is 115 g/mol. The SMILES string of the molecule is CC=NOC1CCO1. The second kappa shape index (κ2) is 2.67. The molecule has 3 heteroatoms. The monoisotopic (exact) mass is 115 g/mol. The summed E-state index contributed by atoms with van der Waals surface area (Å²) >= 11 is 0. The first-order valence-electron chi connectivity index (χ1n) is 2.69. The Kier molecular flexibility index (Phi) is 1.86. The first kappa shape index (κ1) is 5.56. The van der Waals surface area contributed by atoms with Crippen LogP contribution >= 0.6 is 0 Å². The summed E-state index contributed by atoms with van der Waals surface area (Å²) in [6, 6.07) is 0. The van der Waals surface area contributed by atoms with Crippen LogP contribution in [0.1, 0.15) is 13.3 Å². The molecule has 1 heterocycles. The fraction of sp³-hybridized carbons (Fsp3) is 0.800. The lowest BCUT2D eigenvalue weighted by atomic mass is 10.4. The van der Waals surface area contributed by atoms with E-state index in [9.17, 15) is 0 Å². The van der Waals surface area contributed by atoms with Crippen LogP contribution in [0.5, 0.6) is 0 Å². The second-order valence-corrected chi connectivity index (χ2v) is 1.56. The lowest BCUT2D eigenvalue weighted by Crippen LogP contribution is -2.27. The van der Waals surface area contributed by atoms with Crippen molar-refractivity contribution in [3.8, 4) is 0 Å². The molecule has 8 heavy (non-hydrogen) atoms. The van der Waals surface area contributed by atoms with E-state index < -0.39 is 0 Å². The highest BCUT2D eigenvalue weighted by molar-refractivity contribution is 5.52. The molecule has 0 aliphatic carbocycles. The van der Waals surface area contributed by atoms with Crippen molar-refractivity contribution in [2.45, 2.75) is 19.6 Å². The minimum absolute atomic E-state index is 0.0637. The number of oxime groups is 1. The Hall–Kier alpha value is -0.570. The molecule has 1 unspecified atom stereocenters. The average Bonchev–Trinajstić information content (AvgIpc) is 1.63. The van der Waals surface area contributed by atoms with Crippen LogP contribution in [-0.4, -0.2) is 19.1 Å². The molecule has 0 N–H and O–H groups in total. The summed E-state index contributed by atoms with van der Waals surface area (Å²) in [4.78, 5) is 4.77. The molecule has 0 saturated carbocycles. The Bertz CT molecular complexity index is 88.4. The van der Waals surface area contributed by atoms with E-state index in [2.05, 4.69) is 5.16 Å². The van der Waals surface area contributed by atoms with E-state index in [1.165, 1.54) is 0 Å². The van der Waals surface area contributed by atoms with Crippen molar-refractivity contribution >= 4 is 6.21 Å². The second-order valence-electron chi connectivity index (χ2n) is 1.56. The third-order valence-electron chi connectivity index (χ3n) is 0.941. The van der Waals surface area contributed by atoms with Crippen LogP contribution in [-0.2, 0) is 9.57 Å². The first-order chi connectivity index (χ1) is 3.93. The molecule has 1 aliphatic heterocycles. The van der Waals surface area contributed by atoms with Gasteiger partial charge in [-0.05, 0) is 6.92 Å². The minimum Gasteiger partial charge on any atom is -0.364 e. The molecule has 0 aromatic rings. The largest absolute Gasteiger partial charge is 0.364 e. The predicted molar refractivity (Wildman–Crippen MR) is 29.6 cm³/mol. The molecular formula is C5H9NO2. The van der Waals surface area contributed by atoms with Gasteiger partial charge in [0, 0.05) is 12.6 Å². The molecular weight excluding hydrogens is 106 g/mol. The van der Waals surface area contributed by atoms with Gasteiger partial charge in [0.15, 0.2) is 0 Å². The van der Waals surface area contributed by atoms with Gasteiger partial charge in [-0.3, -0.25) is 0 Å². The van der Waals surface area contributed by atoms with Crippen molar-refractivity contribution in [1.29, 1.82) is 0 Å². The quantitative estimate of drug-likeness (QED) is 0.393. The maximum atomic E-state index is 4.90. The standard InChI is InChI=1S/C5H9NO2/c1-2-6-8-5-3-4-7-5/h2,5H,3-4H2,1H3. The van der Waals surface area contributed by atoms with Gasteiger partial charge in [0.25, 0.3) is 0 Å². The predicted octanol–water partition coefficient (Wildman–Crippen LogP) is 0.755. The summed E-state index contributed by atoms with van der Waals surface area (Å²) in [5.74, 6) is 0. The van der Waals surface area contributed by atoms with Gasteiger partial charge in [0.05, 0.1) is 6.61 Å². The Labute approximate surface area is 48.3 Å². The van der Waals surface area contributed by atoms with Crippen LogP contribution in [0.3, 0.4) is 0 Å². The molecule has 1 fully saturated rings. The lowest BCUT2D eigenvalue weighted by molar-refractivity contribution is -0.214. The molecule has 1 rings (SSSR count). The van der Waals surface area contributed by atoms with Crippen molar-refractivity contribution in [3.63, 3.8) is 0 Å². The maximum Gasteiger partial charge on any atom is 0.228 e. The highest BCUT2D eigenvalue weighted by atomic mass is 16.8. The van der Waals surface area contributed by atoms with Crippen LogP contribution < -0.4 is 0 Å². The fourth-order valence-corrected chi connectivity index (χ4v) is 0.426. The maximum absolute atomic E-state index is 4.90. The first-order valence-corrected chi connectivity index (χ1v) is 2.69.